The van der Waals surface area contributed by atoms with Gasteiger partial charge in [-0.2, -0.15) is 0 Å². The maximum absolute atomic E-state index is 13.8. The van der Waals surface area contributed by atoms with Crippen LogP contribution in [0, 0.1) is 18.6 Å². The van der Waals surface area contributed by atoms with Crippen LogP contribution in [0.5, 0.6) is 0 Å². The quantitative estimate of drug-likeness (QED) is 0.564. The number of aryl methyl sites for hydroxylation is 1. The molecule has 0 spiro atoms. The number of carbonyl (C=O) groups is 1. The second kappa shape index (κ2) is 9.36. The molecule has 1 unspecified atom stereocenters. The van der Waals surface area contributed by atoms with E-state index in [4.69, 9.17) is 0 Å². The maximum atomic E-state index is 13.8. The lowest BCUT2D eigenvalue weighted by Crippen LogP contribution is -2.30. The Kier molecular flexibility index (Phi) is 6.82. The predicted octanol–water partition coefficient (Wildman–Crippen LogP) is 4.49. The maximum Gasteiger partial charge on any atom is 0.241 e. The Balaban J connectivity index is 1.97. The number of amides is 1. The first-order valence-corrected chi connectivity index (χ1v) is 11.0. The van der Waals surface area contributed by atoms with E-state index in [0.29, 0.717) is 22.4 Å². The molecule has 3 aromatic carbocycles. The Labute approximate surface area is 180 Å². The average molecular weight is 445 g/mol. The van der Waals surface area contributed by atoms with Crippen molar-refractivity contribution in [1.82, 2.24) is 4.72 Å². The van der Waals surface area contributed by atoms with E-state index in [1.54, 1.807) is 25.1 Å². The first kappa shape index (κ1) is 22.6. The molecule has 0 aliphatic carbocycles. The summed E-state index contributed by atoms with van der Waals surface area (Å²) in [5, 5.41) is 2.60. The monoisotopic (exact) mass is 444 g/mol. The lowest BCUT2D eigenvalue weighted by molar-refractivity contribution is -0.114. The van der Waals surface area contributed by atoms with Gasteiger partial charge in [-0.3, -0.25) is 4.79 Å². The largest absolute Gasteiger partial charge is 0.326 e. The number of hydrogen-bond acceptors (Lipinski definition) is 3. The molecule has 0 aliphatic rings. The van der Waals surface area contributed by atoms with E-state index >= 15 is 0 Å². The highest BCUT2D eigenvalue weighted by molar-refractivity contribution is 7.89. The van der Waals surface area contributed by atoms with Gasteiger partial charge in [0, 0.05) is 12.6 Å². The fraction of sp³-hybridized carbons (Fsp3) is 0.174. The number of halogens is 2. The molecule has 3 rings (SSSR count). The third-order valence-electron chi connectivity index (χ3n) is 4.71. The Morgan fingerprint density at radius 3 is 2.29 bits per heavy atom. The van der Waals surface area contributed by atoms with Crippen LogP contribution in [0.4, 0.5) is 14.5 Å². The summed E-state index contributed by atoms with van der Waals surface area (Å²) < 4.78 is 56.3. The van der Waals surface area contributed by atoms with Crippen molar-refractivity contribution < 1.29 is 22.0 Å². The first-order valence-electron chi connectivity index (χ1n) is 9.54. The molecule has 3 aromatic rings. The van der Waals surface area contributed by atoms with Crippen LogP contribution in [-0.4, -0.2) is 14.3 Å². The third kappa shape index (κ3) is 5.96. The highest BCUT2D eigenvalue weighted by atomic mass is 32.2. The molecule has 0 aromatic heterocycles. The fourth-order valence-electron chi connectivity index (χ4n) is 3.20. The minimum Gasteiger partial charge on any atom is -0.326 e. The smallest absolute Gasteiger partial charge is 0.241 e. The van der Waals surface area contributed by atoms with Crippen molar-refractivity contribution in [3.05, 3.63) is 95.1 Å². The number of sulfonamides is 1. The summed E-state index contributed by atoms with van der Waals surface area (Å²) in [4.78, 5) is 11.4. The predicted molar refractivity (Wildman–Crippen MR) is 115 cm³/mol. The van der Waals surface area contributed by atoms with Gasteiger partial charge in [-0.25, -0.2) is 21.9 Å². The number of hydrogen-bond donors (Lipinski definition) is 2. The SMILES string of the molecule is CC(=O)Nc1cc(S(=O)(=O)NC(Cc2cccc(F)c2)c2cccc(F)c2)ccc1C. The van der Waals surface area contributed by atoms with E-state index < -0.39 is 27.7 Å². The van der Waals surface area contributed by atoms with Crippen LogP contribution in [0.3, 0.4) is 0 Å². The van der Waals surface area contributed by atoms with Crippen LogP contribution < -0.4 is 10.0 Å². The van der Waals surface area contributed by atoms with Crippen molar-refractivity contribution in [3.63, 3.8) is 0 Å². The zero-order valence-corrected chi connectivity index (χ0v) is 17.8. The van der Waals surface area contributed by atoms with E-state index in [0.717, 1.165) is 0 Å². The molecule has 0 saturated heterocycles. The molecule has 0 radical (unpaired) electrons. The van der Waals surface area contributed by atoms with Crippen LogP contribution >= 0.6 is 0 Å². The number of nitrogens with one attached hydrogen (secondary N) is 2. The van der Waals surface area contributed by atoms with Crippen LogP contribution in [0.2, 0.25) is 0 Å². The molecular weight excluding hydrogens is 422 g/mol. The molecule has 162 valence electrons. The zero-order valence-electron chi connectivity index (χ0n) is 17.0. The molecule has 8 heteroatoms. The lowest BCUT2D eigenvalue weighted by Gasteiger charge is -2.20. The molecule has 5 nitrogen and oxygen atoms in total. The summed E-state index contributed by atoms with van der Waals surface area (Å²) >= 11 is 0. The summed E-state index contributed by atoms with van der Waals surface area (Å²) in [5.41, 5.74) is 2.04. The van der Waals surface area contributed by atoms with E-state index in [1.165, 1.54) is 55.5 Å². The lowest BCUT2D eigenvalue weighted by atomic mass is 9.99. The topological polar surface area (TPSA) is 75.3 Å². The zero-order chi connectivity index (χ0) is 22.6. The normalized spacial score (nSPS) is 12.4. The van der Waals surface area contributed by atoms with Crippen molar-refractivity contribution in [2.45, 2.75) is 31.2 Å². The Bertz CT molecular complexity index is 1210. The molecule has 0 saturated carbocycles. The molecule has 1 amide bonds. The highest BCUT2D eigenvalue weighted by Gasteiger charge is 2.23. The summed E-state index contributed by atoms with van der Waals surface area (Å²) in [7, 11) is -4.04. The van der Waals surface area contributed by atoms with Crippen molar-refractivity contribution in [3.8, 4) is 0 Å². The van der Waals surface area contributed by atoms with Crippen LogP contribution in [0.25, 0.3) is 0 Å². The second-order valence-corrected chi connectivity index (χ2v) is 8.93. The number of rotatable bonds is 7. The van der Waals surface area contributed by atoms with Gasteiger partial charge in [0.2, 0.25) is 15.9 Å². The highest BCUT2D eigenvalue weighted by Crippen LogP contribution is 2.25. The van der Waals surface area contributed by atoms with Gasteiger partial charge in [-0.05, 0) is 66.4 Å². The van der Waals surface area contributed by atoms with Crippen molar-refractivity contribution >= 4 is 21.6 Å². The molecular formula is C23H22F2N2O3S. The van der Waals surface area contributed by atoms with Gasteiger partial charge in [0.15, 0.2) is 0 Å². The Morgan fingerprint density at radius 1 is 0.968 bits per heavy atom. The van der Waals surface area contributed by atoms with Gasteiger partial charge in [0.05, 0.1) is 10.9 Å². The Morgan fingerprint density at radius 2 is 1.65 bits per heavy atom. The van der Waals surface area contributed by atoms with Crippen molar-refractivity contribution in [1.29, 1.82) is 0 Å². The van der Waals surface area contributed by atoms with Crippen LogP contribution in [0.1, 0.15) is 29.7 Å². The van der Waals surface area contributed by atoms with E-state index in [2.05, 4.69) is 10.0 Å². The minimum absolute atomic E-state index is 0.0532. The molecule has 31 heavy (non-hydrogen) atoms. The van der Waals surface area contributed by atoms with Crippen molar-refractivity contribution in [2.75, 3.05) is 5.32 Å². The minimum atomic E-state index is -4.04. The van der Waals surface area contributed by atoms with Gasteiger partial charge in [0.25, 0.3) is 0 Å². The van der Waals surface area contributed by atoms with Gasteiger partial charge < -0.3 is 5.32 Å². The van der Waals surface area contributed by atoms with E-state index in [1.807, 2.05) is 0 Å². The van der Waals surface area contributed by atoms with Gasteiger partial charge in [-0.1, -0.05) is 30.3 Å². The van der Waals surface area contributed by atoms with E-state index in [9.17, 15) is 22.0 Å². The summed E-state index contributed by atoms with van der Waals surface area (Å²) in [6, 6.07) is 14.9. The van der Waals surface area contributed by atoms with Crippen LogP contribution in [-0.2, 0) is 21.2 Å². The van der Waals surface area contributed by atoms with Gasteiger partial charge >= 0.3 is 0 Å². The fourth-order valence-corrected chi connectivity index (χ4v) is 4.45. The molecule has 1 atom stereocenters. The van der Waals surface area contributed by atoms with Crippen LogP contribution in [0.15, 0.2) is 71.6 Å². The number of benzene rings is 3. The number of carbonyl (C=O) groups excluding carboxylic acids is 1. The van der Waals surface area contributed by atoms with Gasteiger partial charge in [0.1, 0.15) is 11.6 Å². The number of anilines is 1. The second-order valence-electron chi connectivity index (χ2n) is 7.22. The summed E-state index contributed by atoms with van der Waals surface area (Å²) in [5.74, 6) is -1.28. The molecule has 2 N–H and O–H groups in total. The first-order chi connectivity index (χ1) is 14.6. The Hall–Kier alpha value is -3.10. The standard InChI is InChI=1S/C23H22F2N2O3S/c1-15-9-10-21(14-22(15)26-16(2)28)31(29,30)27-23(18-6-4-8-20(25)13-18)12-17-5-3-7-19(24)11-17/h3-11,13-14,23,27H,12H2,1-2H3,(H,26,28). The third-order valence-corrected chi connectivity index (χ3v) is 6.18. The molecule has 0 bridgehead atoms. The van der Waals surface area contributed by atoms with E-state index in [-0.39, 0.29) is 17.2 Å². The molecule has 0 fully saturated rings. The summed E-state index contributed by atoms with van der Waals surface area (Å²) in [6.45, 7) is 3.08. The average Bonchev–Trinajstić information content (AvgIpc) is 2.68. The molecule has 0 heterocycles. The van der Waals surface area contributed by atoms with Crippen molar-refractivity contribution in [2.24, 2.45) is 0 Å². The summed E-state index contributed by atoms with van der Waals surface area (Å²) in [6.07, 6.45) is 0.116. The van der Waals surface area contributed by atoms with Gasteiger partial charge in [-0.15, -0.1) is 0 Å². The molecule has 0 aliphatic heterocycles.